The molecular formula is C24H22N6O6S3. The number of aryl methyl sites for hydroxylation is 1. The molecule has 4 heterocycles. The number of rotatable bonds is 12. The van der Waals surface area contributed by atoms with Gasteiger partial charge in [0.2, 0.25) is 6.41 Å². The van der Waals surface area contributed by atoms with Gasteiger partial charge in [0.25, 0.3) is 11.8 Å². The smallest absolute Gasteiger partial charge is 0.353 e. The van der Waals surface area contributed by atoms with Gasteiger partial charge in [0.1, 0.15) is 29.4 Å². The molecule has 1 unspecified atom stereocenters. The number of oxime groups is 1. The van der Waals surface area contributed by atoms with Crippen molar-refractivity contribution >= 4 is 76.0 Å². The van der Waals surface area contributed by atoms with Crippen LogP contribution in [0.25, 0.3) is 6.08 Å². The third-order valence-corrected chi connectivity index (χ3v) is 8.45. The Balaban J connectivity index is 1.48. The van der Waals surface area contributed by atoms with Crippen molar-refractivity contribution in [2.24, 2.45) is 5.16 Å². The van der Waals surface area contributed by atoms with E-state index in [1.807, 2.05) is 25.1 Å². The number of carbonyl (C=O) groups excluding carboxylic acids is 3. The quantitative estimate of drug-likeness (QED) is 0.0840. The summed E-state index contributed by atoms with van der Waals surface area (Å²) < 4.78 is 0. The molecule has 2 aromatic rings. The van der Waals surface area contributed by atoms with Crippen LogP contribution in [-0.4, -0.2) is 73.7 Å². The van der Waals surface area contributed by atoms with Crippen LogP contribution in [0.1, 0.15) is 17.0 Å². The van der Waals surface area contributed by atoms with Crippen LogP contribution in [-0.2, 0) is 24.0 Å². The zero-order valence-electron chi connectivity index (χ0n) is 20.4. The Morgan fingerprint density at radius 2 is 2.23 bits per heavy atom. The second-order valence-corrected chi connectivity index (χ2v) is 10.9. The SMILES string of the molecule is C=CCON=C(C(=O)NC1C(=O)N2C(C(=O)O)=C(S/C=C\c3ccc(C)nc3)CS[C@@H]12)c1csc(NC=O)n1. The number of fused-ring (bicyclic) bond motifs is 1. The van der Waals surface area contributed by atoms with Crippen LogP contribution < -0.4 is 10.6 Å². The van der Waals surface area contributed by atoms with Gasteiger partial charge in [0.15, 0.2) is 10.8 Å². The normalized spacial score (nSPS) is 18.8. The van der Waals surface area contributed by atoms with E-state index < -0.39 is 29.2 Å². The molecule has 2 aliphatic rings. The molecular weight excluding hydrogens is 565 g/mol. The summed E-state index contributed by atoms with van der Waals surface area (Å²) in [5.41, 5.74) is 1.56. The summed E-state index contributed by atoms with van der Waals surface area (Å²) in [6.07, 6.45) is 5.41. The summed E-state index contributed by atoms with van der Waals surface area (Å²) in [5.74, 6) is -2.20. The monoisotopic (exact) mass is 586 g/mol. The Bertz CT molecular complexity index is 1390. The number of nitrogens with one attached hydrogen (secondary N) is 2. The number of thioether (sulfide) groups is 2. The molecule has 0 radical (unpaired) electrons. The highest BCUT2D eigenvalue weighted by Gasteiger charge is 2.54. The number of amides is 3. The standard InChI is InChI=1S/C24H22N6O6S3/c1-3-7-36-29-17(15-10-39-24(27-15)26-12-31)20(32)28-18-21(33)30-19(23(34)35)16(11-38-22(18)30)37-8-6-14-5-4-13(2)25-9-14/h3-6,8-10,12,18,22H,1,7,11H2,2H3,(H,28,32)(H,34,35)(H,26,27,31)/b8-6-,29-17?/t18?,22-/m0/s1. The van der Waals surface area contributed by atoms with Gasteiger partial charge in [-0.3, -0.25) is 24.3 Å². The van der Waals surface area contributed by atoms with Crippen LogP contribution in [0, 0.1) is 6.92 Å². The first kappa shape index (κ1) is 28.1. The summed E-state index contributed by atoms with van der Waals surface area (Å²) in [5, 5.41) is 21.6. The van der Waals surface area contributed by atoms with Crippen LogP contribution in [0.5, 0.6) is 0 Å². The Kier molecular flexibility index (Phi) is 9.16. The fraction of sp³-hybridized carbons (Fsp3) is 0.208. The minimum absolute atomic E-state index is 0.0249. The van der Waals surface area contributed by atoms with Crippen molar-refractivity contribution in [1.29, 1.82) is 0 Å². The predicted molar refractivity (Wildman–Crippen MR) is 150 cm³/mol. The lowest BCUT2D eigenvalue weighted by Gasteiger charge is -2.49. The van der Waals surface area contributed by atoms with Gasteiger partial charge in [-0.15, -0.1) is 23.1 Å². The Labute approximate surface area is 235 Å². The third-order valence-electron chi connectivity index (χ3n) is 5.32. The van der Waals surface area contributed by atoms with E-state index in [1.54, 1.807) is 11.6 Å². The zero-order valence-corrected chi connectivity index (χ0v) is 22.8. The van der Waals surface area contributed by atoms with E-state index in [0.29, 0.717) is 17.1 Å². The molecule has 15 heteroatoms. The average molecular weight is 587 g/mol. The second kappa shape index (κ2) is 12.7. The molecule has 2 aromatic heterocycles. The molecule has 39 heavy (non-hydrogen) atoms. The maximum absolute atomic E-state index is 13.1. The zero-order chi connectivity index (χ0) is 27.9. The second-order valence-electron chi connectivity index (χ2n) is 7.92. The molecule has 3 amide bonds. The number of carboxylic acids is 1. The Morgan fingerprint density at radius 1 is 1.41 bits per heavy atom. The molecule has 3 N–H and O–H groups in total. The molecule has 1 saturated heterocycles. The number of β-lactam (4-membered cyclic amide) rings is 1. The number of aliphatic carboxylic acids is 1. The van der Waals surface area contributed by atoms with Crippen molar-refractivity contribution in [2.45, 2.75) is 18.3 Å². The molecule has 2 atom stereocenters. The summed E-state index contributed by atoms with van der Waals surface area (Å²) in [6.45, 7) is 5.43. The lowest BCUT2D eigenvalue weighted by molar-refractivity contribution is -0.150. The van der Waals surface area contributed by atoms with Crippen molar-refractivity contribution in [2.75, 3.05) is 17.7 Å². The molecule has 0 saturated carbocycles. The number of carbonyl (C=O) groups is 4. The van der Waals surface area contributed by atoms with E-state index in [4.69, 9.17) is 4.84 Å². The third kappa shape index (κ3) is 6.38. The van der Waals surface area contributed by atoms with Crippen LogP contribution in [0.2, 0.25) is 0 Å². The number of nitrogens with zero attached hydrogens (tertiary/aromatic N) is 4. The van der Waals surface area contributed by atoms with Crippen LogP contribution in [0.3, 0.4) is 0 Å². The van der Waals surface area contributed by atoms with Crippen molar-refractivity contribution in [1.82, 2.24) is 20.2 Å². The number of hydrogen-bond acceptors (Lipinski definition) is 11. The van der Waals surface area contributed by atoms with Crippen LogP contribution in [0.15, 0.2) is 57.5 Å². The Hall–Kier alpha value is -3.95. The first-order valence-electron chi connectivity index (χ1n) is 11.3. The average Bonchev–Trinajstić information content (AvgIpc) is 3.38. The fourth-order valence-electron chi connectivity index (χ4n) is 3.52. The first-order valence-corrected chi connectivity index (χ1v) is 14.1. The number of carboxylic acid groups (broad SMARTS) is 1. The minimum atomic E-state index is -1.23. The highest BCUT2D eigenvalue weighted by atomic mass is 32.2. The molecule has 202 valence electrons. The van der Waals surface area contributed by atoms with Gasteiger partial charge >= 0.3 is 5.97 Å². The van der Waals surface area contributed by atoms with E-state index in [0.717, 1.165) is 22.6 Å². The van der Waals surface area contributed by atoms with Crippen LogP contribution in [0.4, 0.5) is 5.13 Å². The van der Waals surface area contributed by atoms with Gasteiger partial charge in [-0.05, 0) is 30.0 Å². The van der Waals surface area contributed by atoms with Crippen molar-refractivity contribution < 1.29 is 29.1 Å². The van der Waals surface area contributed by atoms with Gasteiger partial charge < -0.3 is 20.6 Å². The topological polar surface area (TPSA) is 163 Å². The molecule has 2 aliphatic heterocycles. The number of anilines is 1. The van der Waals surface area contributed by atoms with Gasteiger partial charge in [-0.25, -0.2) is 9.78 Å². The van der Waals surface area contributed by atoms with Gasteiger partial charge in [-0.2, -0.15) is 0 Å². The highest BCUT2D eigenvalue weighted by Crippen LogP contribution is 2.43. The summed E-state index contributed by atoms with van der Waals surface area (Å²) in [6, 6.07) is 2.79. The highest BCUT2D eigenvalue weighted by molar-refractivity contribution is 8.08. The molecule has 0 aromatic carbocycles. The van der Waals surface area contributed by atoms with Crippen molar-refractivity contribution in [3.63, 3.8) is 0 Å². The number of thiazole rings is 1. The maximum atomic E-state index is 13.1. The molecule has 0 aliphatic carbocycles. The molecule has 1 fully saturated rings. The number of aromatic nitrogens is 2. The summed E-state index contributed by atoms with van der Waals surface area (Å²) in [7, 11) is 0. The van der Waals surface area contributed by atoms with Crippen molar-refractivity contribution in [3.05, 3.63) is 69.3 Å². The number of pyridine rings is 1. The largest absolute Gasteiger partial charge is 0.477 e. The Morgan fingerprint density at radius 3 is 2.92 bits per heavy atom. The van der Waals surface area contributed by atoms with E-state index in [1.165, 1.54) is 39.9 Å². The van der Waals surface area contributed by atoms with Gasteiger partial charge in [0.05, 0.1) is 0 Å². The minimum Gasteiger partial charge on any atom is -0.477 e. The number of hydrogen-bond donors (Lipinski definition) is 3. The maximum Gasteiger partial charge on any atom is 0.353 e. The van der Waals surface area contributed by atoms with E-state index >= 15 is 0 Å². The molecule has 0 spiro atoms. The summed E-state index contributed by atoms with van der Waals surface area (Å²) >= 11 is 3.63. The van der Waals surface area contributed by atoms with Gasteiger partial charge in [0, 0.05) is 27.9 Å². The molecule has 0 bridgehead atoms. The van der Waals surface area contributed by atoms with Gasteiger partial charge in [-0.1, -0.05) is 35.6 Å². The van der Waals surface area contributed by atoms with E-state index in [9.17, 15) is 24.3 Å². The van der Waals surface area contributed by atoms with E-state index in [-0.39, 0.29) is 28.8 Å². The lowest BCUT2D eigenvalue weighted by atomic mass is 10.0. The van der Waals surface area contributed by atoms with E-state index in [2.05, 4.69) is 32.3 Å². The summed E-state index contributed by atoms with van der Waals surface area (Å²) in [4.78, 5) is 64.1. The predicted octanol–water partition coefficient (Wildman–Crippen LogP) is 2.42. The van der Waals surface area contributed by atoms with Crippen LogP contribution >= 0.6 is 34.9 Å². The fourth-order valence-corrected chi connectivity index (χ4v) is 6.53. The lowest BCUT2D eigenvalue weighted by Crippen LogP contribution is -2.71. The molecule has 12 nitrogen and oxygen atoms in total. The van der Waals surface area contributed by atoms with Crippen molar-refractivity contribution in [3.8, 4) is 0 Å². The first-order chi connectivity index (χ1) is 18.8. The molecule has 4 rings (SSSR count).